The van der Waals surface area contributed by atoms with Crippen LogP contribution in [-0.4, -0.2) is 31.4 Å². The van der Waals surface area contributed by atoms with E-state index in [1.54, 1.807) is 30.1 Å². The van der Waals surface area contributed by atoms with Crippen molar-refractivity contribution in [1.29, 1.82) is 0 Å². The minimum absolute atomic E-state index is 0.156. The second kappa shape index (κ2) is 7.70. The van der Waals surface area contributed by atoms with Gasteiger partial charge in [-0.15, -0.1) is 23.1 Å². The van der Waals surface area contributed by atoms with Crippen molar-refractivity contribution in [3.8, 4) is 0 Å². The van der Waals surface area contributed by atoms with E-state index in [1.807, 2.05) is 13.0 Å². The van der Waals surface area contributed by atoms with Crippen LogP contribution in [-0.2, 0) is 9.53 Å². The Morgan fingerprint density at radius 3 is 3.06 bits per heavy atom. The van der Waals surface area contributed by atoms with Crippen molar-refractivity contribution in [2.24, 2.45) is 0 Å². The first-order valence-electron chi connectivity index (χ1n) is 5.28. The Hall–Kier alpha value is -0.520. The van der Waals surface area contributed by atoms with Crippen LogP contribution < -0.4 is 5.32 Å². The zero-order chi connectivity index (χ0) is 11.8. The summed E-state index contributed by atoms with van der Waals surface area (Å²) in [5, 5.41) is 5.04. The molecule has 1 aromatic heterocycles. The highest BCUT2D eigenvalue weighted by molar-refractivity contribution is 8.01. The van der Waals surface area contributed by atoms with Crippen LogP contribution in [0.3, 0.4) is 0 Å². The molecule has 1 N–H and O–H groups in total. The first kappa shape index (κ1) is 13.5. The molecule has 0 radical (unpaired) electrons. The quantitative estimate of drug-likeness (QED) is 0.603. The lowest BCUT2D eigenvalue weighted by atomic mass is 10.2. The van der Waals surface area contributed by atoms with Gasteiger partial charge in [0, 0.05) is 5.75 Å². The molecule has 0 fully saturated rings. The molecule has 1 unspecified atom stereocenters. The van der Waals surface area contributed by atoms with Crippen molar-refractivity contribution in [3.05, 3.63) is 17.5 Å². The molecular weight excluding hydrogens is 242 g/mol. The molecule has 90 valence electrons. The van der Waals surface area contributed by atoms with Gasteiger partial charge in [0.25, 0.3) is 0 Å². The molecule has 1 aromatic rings. The third kappa shape index (κ3) is 4.55. The molecule has 0 aliphatic heterocycles. The largest absolute Gasteiger partial charge is 0.465 e. The van der Waals surface area contributed by atoms with Gasteiger partial charge in [0.15, 0.2) is 0 Å². The SMILES string of the molecule is CCOC(=O)C(CCSc1cccs1)NC. The van der Waals surface area contributed by atoms with Crippen molar-refractivity contribution >= 4 is 29.1 Å². The second-order valence-electron chi connectivity index (χ2n) is 3.16. The minimum Gasteiger partial charge on any atom is -0.465 e. The third-order valence-corrected chi connectivity index (χ3v) is 4.23. The van der Waals surface area contributed by atoms with Gasteiger partial charge < -0.3 is 10.1 Å². The van der Waals surface area contributed by atoms with Crippen LogP contribution >= 0.6 is 23.1 Å². The average Bonchev–Trinajstić information content (AvgIpc) is 2.77. The van der Waals surface area contributed by atoms with E-state index in [0.717, 1.165) is 12.2 Å². The fourth-order valence-corrected chi connectivity index (χ4v) is 3.11. The van der Waals surface area contributed by atoms with Crippen LogP contribution in [0.5, 0.6) is 0 Å². The van der Waals surface area contributed by atoms with Gasteiger partial charge in [0.1, 0.15) is 6.04 Å². The van der Waals surface area contributed by atoms with Gasteiger partial charge in [-0.1, -0.05) is 6.07 Å². The van der Waals surface area contributed by atoms with Crippen LogP contribution in [0, 0.1) is 0 Å². The van der Waals surface area contributed by atoms with Crippen LogP contribution in [0.1, 0.15) is 13.3 Å². The Morgan fingerprint density at radius 2 is 2.50 bits per heavy atom. The molecule has 0 bridgehead atoms. The fraction of sp³-hybridized carbons (Fsp3) is 0.545. The second-order valence-corrected chi connectivity index (χ2v) is 5.51. The van der Waals surface area contributed by atoms with E-state index in [2.05, 4.69) is 16.8 Å². The molecule has 0 aromatic carbocycles. The number of carbonyl (C=O) groups is 1. The molecule has 0 saturated heterocycles. The standard InChI is InChI=1S/C11H17NO2S2/c1-3-14-11(13)9(12-2)6-8-16-10-5-4-7-15-10/h4-5,7,9,12H,3,6,8H2,1-2H3. The molecule has 0 aliphatic rings. The number of hydrogen-bond donors (Lipinski definition) is 1. The molecule has 5 heteroatoms. The van der Waals surface area contributed by atoms with E-state index in [1.165, 1.54) is 4.21 Å². The average molecular weight is 259 g/mol. The smallest absolute Gasteiger partial charge is 0.323 e. The molecule has 3 nitrogen and oxygen atoms in total. The number of esters is 1. The van der Waals surface area contributed by atoms with Crippen molar-refractivity contribution in [3.63, 3.8) is 0 Å². The molecule has 1 heterocycles. The van der Waals surface area contributed by atoms with Crippen molar-refractivity contribution < 1.29 is 9.53 Å². The highest BCUT2D eigenvalue weighted by Gasteiger charge is 2.16. The van der Waals surface area contributed by atoms with E-state index < -0.39 is 0 Å². The highest BCUT2D eigenvalue weighted by Crippen LogP contribution is 2.24. The maximum absolute atomic E-state index is 11.5. The summed E-state index contributed by atoms with van der Waals surface area (Å²) in [6, 6.07) is 3.94. The predicted octanol–water partition coefficient (Wildman–Crippen LogP) is 2.38. The van der Waals surface area contributed by atoms with E-state index in [9.17, 15) is 4.79 Å². The Morgan fingerprint density at radius 1 is 1.69 bits per heavy atom. The van der Waals surface area contributed by atoms with Crippen LogP contribution in [0.15, 0.2) is 21.7 Å². The zero-order valence-electron chi connectivity index (χ0n) is 9.56. The Balaban J connectivity index is 2.26. The summed E-state index contributed by atoms with van der Waals surface area (Å²) < 4.78 is 6.27. The number of ether oxygens (including phenoxy) is 1. The van der Waals surface area contributed by atoms with E-state index in [-0.39, 0.29) is 12.0 Å². The van der Waals surface area contributed by atoms with Crippen LogP contribution in [0.2, 0.25) is 0 Å². The first-order valence-corrected chi connectivity index (χ1v) is 7.14. The number of thioether (sulfide) groups is 1. The molecule has 0 aliphatic carbocycles. The zero-order valence-corrected chi connectivity index (χ0v) is 11.2. The summed E-state index contributed by atoms with van der Waals surface area (Å²) in [5.74, 6) is 0.766. The van der Waals surface area contributed by atoms with Gasteiger partial charge in [-0.05, 0) is 31.8 Å². The topological polar surface area (TPSA) is 38.3 Å². The molecule has 16 heavy (non-hydrogen) atoms. The van der Waals surface area contributed by atoms with Gasteiger partial charge in [0.05, 0.1) is 10.8 Å². The number of thiophene rings is 1. The summed E-state index contributed by atoms with van der Waals surface area (Å²) in [6.07, 6.45) is 0.790. The Kier molecular flexibility index (Phi) is 6.52. The lowest BCUT2D eigenvalue weighted by Gasteiger charge is -2.13. The lowest BCUT2D eigenvalue weighted by molar-refractivity contribution is -0.145. The summed E-state index contributed by atoms with van der Waals surface area (Å²) in [5.41, 5.74) is 0. The number of carbonyl (C=O) groups excluding carboxylic acids is 1. The molecule has 0 spiro atoms. The fourth-order valence-electron chi connectivity index (χ4n) is 1.25. The van der Waals surface area contributed by atoms with Crippen molar-refractivity contribution in [1.82, 2.24) is 5.32 Å². The van der Waals surface area contributed by atoms with Gasteiger partial charge in [-0.3, -0.25) is 4.79 Å². The monoisotopic (exact) mass is 259 g/mol. The highest BCUT2D eigenvalue weighted by atomic mass is 32.2. The summed E-state index contributed by atoms with van der Waals surface area (Å²) >= 11 is 3.50. The van der Waals surface area contributed by atoms with Crippen molar-refractivity contribution in [2.45, 2.75) is 23.6 Å². The maximum atomic E-state index is 11.5. The Bertz CT molecular complexity index is 301. The number of likely N-dealkylation sites (N-methyl/N-ethyl adjacent to an activating group) is 1. The third-order valence-electron chi connectivity index (χ3n) is 2.07. The van der Waals surface area contributed by atoms with E-state index in [4.69, 9.17) is 4.74 Å². The minimum atomic E-state index is -0.188. The van der Waals surface area contributed by atoms with Crippen LogP contribution in [0.4, 0.5) is 0 Å². The summed E-state index contributed by atoms with van der Waals surface area (Å²) in [7, 11) is 1.79. The molecular formula is C11H17NO2S2. The normalized spacial score (nSPS) is 12.4. The van der Waals surface area contributed by atoms with E-state index in [0.29, 0.717) is 6.61 Å². The van der Waals surface area contributed by atoms with Gasteiger partial charge in [-0.2, -0.15) is 0 Å². The molecule has 1 rings (SSSR count). The van der Waals surface area contributed by atoms with Gasteiger partial charge in [-0.25, -0.2) is 0 Å². The molecule has 0 saturated carbocycles. The summed E-state index contributed by atoms with van der Waals surface area (Å²) in [6.45, 7) is 2.26. The summed E-state index contributed by atoms with van der Waals surface area (Å²) in [4.78, 5) is 11.5. The van der Waals surface area contributed by atoms with E-state index >= 15 is 0 Å². The molecule has 0 amide bonds. The van der Waals surface area contributed by atoms with Gasteiger partial charge in [0.2, 0.25) is 0 Å². The van der Waals surface area contributed by atoms with Crippen LogP contribution in [0.25, 0.3) is 0 Å². The maximum Gasteiger partial charge on any atom is 0.323 e. The number of nitrogens with one attached hydrogen (secondary N) is 1. The molecule has 1 atom stereocenters. The number of hydrogen-bond acceptors (Lipinski definition) is 5. The van der Waals surface area contributed by atoms with Gasteiger partial charge >= 0.3 is 5.97 Å². The number of rotatable bonds is 7. The lowest BCUT2D eigenvalue weighted by Crippen LogP contribution is -2.36. The first-order chi connectivity index (χ1) is 7.77. The predicted molar refractivity (Wildman–Crippen MR) is 69.1 cm³/mol. The Labute approximate surface area is 105 Å². The van der Waals surface area contributed by atoms with Crippen molar-refractivity contribution in [2.75, 3.05) is 19.4 Å².